The minimum Gasteiger partial charge on any atom is -0.378 e. The molecule has 0 heterocycles. The predicted octanol–water partition coefficient (Wildman–Crippen LogP) is 2.84. The number of alkyl halides is 1. The van der Waals surface area contributed by atoms with Crippen molar-refractivity contribution < 1.29 is 61.6 Å². The van der Waals surface area contributed by atoms with Crippen molar-refractivity contribution in [2.24, 2.45) is 0 Å². The van der Waals surface area contributed by atoms with Gasteiger partial charge >= 0.3 is 0 Å². The number of rotatable bonds is 40. The zero-order valence-electron chi connectivity index (χ0n) is 28.2. The van der Waals surface area contributed by atoms with Crippen LogP contribution in [0.1, 0.15) is 5.56 Å². The lowest BCUT2D eigenvalue weighted by Crippen LogP contribution is -2.15. The van der Waals surface area contributed by atoms with Crippen LogP contribution in [0.15, 0.2) is 30.3 Å². The lowest BCUT2D eigenvalue weighted by molar-refractivity contribution is -0.0290. The molecule has 0 aromatic heterocycles. The molecule has 0 fully saturated rings. The summed E-state index contributed by atoms with van der Waals surface area (Å²) in [4.78, 5) is 0. The van der Waals surface area contributed by atoms with Crippen LogP contribution in [0.5, 0.6) is 0 Å². The number of halogens is 1. The Morgan fingerprint density at radius 3 is 0.723 bits per heavy atom. The molecule has 0 saturated heterocycles. The maximum absolute atomic E-state index is 5.57. The molecule has 0 aliphatic heterocycles. The van der Waals surface area contributed by atoms with E-state index in [0.717, 1.165) is 16.6 Å². The van der Waals surface area contributed by atoms with Crippen molar-refractivity contribution in [1.82, 2.24) is 0 Å². The molecule has 0 bridgehead atoms. The molecule has 1 aromatic carbocycles. The molecule has 13 nitrogen and oxygen atoms in total. The van der Waals surface area contributed by atoms with Gasteiger partial charge in [0.15, 0.2) is 0 Å². The molecule has 0 saturated carbocycles. The third-order valence-electron chi connectivity index (χ3n) is 5.80. The Kier molecular flexibility index (Phi) is 37.7. The zero-order valence-corrected chi connectivity index (χ0v) is 30.3. The summed E-state index contributed by atoms with van der Waals surface area (Å²) < 4.78 is 72.1. The van der Waals surface area contributed by atoms with E-state index in [-0.39, 0.29) is 0 Å². The topological polar surface area (TPSA) is 120 Å². The second-order valence-electron chi connectivity index (χ2n) is 9.58. The first kappa shape index (κ1) is 44.5. The minimum atomic E-state index is 0.512. The summed E-state index contributed by atoms with van der Waals surface area (Å²) >= 11 is 2.28. The fourth-order valence-electron chi connectivity index (χ4n) is 3.46. The van der Waals surface area contributed by atoms with E-state index in [2.05, 4.69) is 22.6 Å². The van der Waals surface area contributed by atoms with E-state index in [9.17, 15) is 0 Å². The Morgan fingerprint density at radius 2 is 0.489 bits per heavy atom. The third kappa shape index (κ3) is 36.5. The van der Waals surface area contributed by atoms with Gasteiger partial charge in [-0.05, 0) is 5.56 Å². The van der Waals surface area contributed by atoms with E-state index >= 15 is 0 Å². The maximum atomic E-state index is 5.57. The zero-order chi connectivity index (χ0) is 33.4. The van der Waals surface area contributed by atoms with E-state index < -0.39 is 0 Å². The monoisotopic (exact) mass is 790 g/mol. The van der Waals surface area contributed by atoms with Gasteiger partial charge in [0.1, 0.15) is 0 Å². The van der Waals surface area contributed by atoms with Crippen LogP contribution in [0.2, 0.25) is 0 Å². The molecule has 0 aliphatic carbocycles. The summed E-state index contributed by atoms with van der Waals surface area (Å²) in [5.74, 6) is 0. The summed E-state index contributed by atoms with van der Waals surface area (Å²) in [7, 11) is 0. The fraction of sp³-hybridized carbons (Fsp3) is 0.818. The van der Waals surface area contributed by atoms with Crippen LogP contribution in [0.3, 0.4) is 0 Å². The first-order valence-electron chi connectivity index (χ1n) is 16.5. The van der Waals surface area contributed by atoms with E-state index in [4.69, 9.17) is 61.6 Å². The molecule has 0 radical (unpaired) electrons. The van der Waals surface area contributed by atoms with Crippen molar-refractivity contribution in [3.8, 4) is 0 Å². The van der Waals surface area contributed by atoms with Gasteiger partial charge in [-0.2, -0.15) is 0 Å². The van der Waals surface area contributed by atoms with Crippen molar-refractivity contribution in [1.29, 1.82) is 0 Å². The number of benzene rings is 1. The minimum absolute atomic E-state index is 0.512. The molecule has 47 heavy (non-hydrogen) atoms. The molecule has 0 aliphatic rings. The highest BCUT2D eigenvalue weighted by molar-refractivity contribution is 14.1. The Labute approximate surface area is 295 Å². The molecule has 0 N–H and O–H groups in total. The predicted molar refractivity (Wildman–Crippen MR) is 185 cm³/mol. The molecular weight excluding hydrogens is 731 g/mol. The highest BCUT2D eigenvalue weighted by Crippen LogP contribution is 2.00. The molecule has 0 atom stereocenters. The molecule has 1 aromatic rings. The Hall–Kier alpha value is -0.570. The van der Waals surface area contributed by atoms with Crippen molar-refractivity contribution in [3.63, 3.8) is 0 Å². The number of hydrogen-bond acceptors (Lipinski definition) is 13. The Morgan fingerprint density at radius 1 is 0.277 bits per heavy atom. The van der Waals surface area contributed by atoms with Crippen molar-refractivity contribution in [2.75, 3.05) is 170 Å². The highest BCUT2D eigenvalue weighted by atomic mass is 127. The van der Waals surface area contributed by atoms with Crippen LogP contribution < -0.4 is 0 Å². The van der Waals surface area contributed by atoms with Crippen LogP contribution in [-0.4, -0.2) is 170 Å². The molecular formula is C33H59IO13. The molecule has 276 valence electrons. The lowest BCUT2D eigenvalue weighted by atomic mass is 10.2. The molecule has 0 unspecified atom stereocenters. The SMILES string of the molecule is ICCOCCOCCOCCOCCOCCOCCOCCOCCOCCOCCOCCOCCOCc1ccccc1. The van der Waals surface area contributed by atoms with Gasteiger partial charge in [-0.15, -0.1) is 0 Å². The smallest absolute Gasteiger partial charge is 0.0718 e. The molecule has 14 heteroatoms. The highest BCUT2D eigenvalue weighted by Gasteiger charge is 1.97. The van der Waals surface area contributed by atoms with E-state index in [1.54, 1.807) is 0 Å². The second-order valence-corrected chi connectivity index (χ2v) is 10.7. The molecule has 1 rings (SSSR count). The van der Waals surface area contributed by atoms with Gasteiger partial charge in [0.05, 0.1) is 172 Å². The van der Waals surface area contributed by atoms with Crippen LogP contribution in [0, 0.1) is 0 Å². The largest absolute Gasteiger partial charge is 0.378 e. The molecule has 0 amide bonds. The van der Waals surface area contributed by atoms with E-state index in [1.165, 1.54) is 0 Å². The van der Waals surface area contributed by atoms with Gasteiger partial charge in [0.2, 0.25) is 0 Å². The van der Waals surface area contributed by atoms with Crippen LogP contribution in [0.25, 0.3) is 0 Å². The first-order valence-corrected chi connectivity index (χ1v) is 18.1. The fourth-order valence-corrected chi connectivity index (χ4v) is 3.77. The standard InChI is InChI=1S/C33H59IO13/c34-6-7-35-8-9-36-10-11-37-12-13-38-14-15-39-16-17-40-18-19-41-20-21-42-22-23-43-24-25-44-26-27-45-28-29-46-30-31-47-32-33-4-2-1-3-5-33/h1-5H,6-32H2. The summed E-state index contributed by atoms with van der Waals surface area (Å²) in [6, 6.07) is 10.1. The quantitative estimate of drug-likeness (QED) is 0.0552. The third-order valence-corrected chi connectivity index (χ3v) is 6.24. The summed E-state index contributed by atoms with van der Waals surface area (Å²) in [6.45, 7) is 14.2. The van der Waals surface area contributed by atoms with Gasteiger partial charge in [-0.25, -0.2) is 0 Å². The van der Waals surface area contributed by atoms with Gasteiger partial charge in [-0.3, -0.25) is 0 Å². The lowest BCUT2D eigenvalue weighted by Gasteiger charge is -2.09. The average Bonchev–Trinajstić information content (AvgIpc) is 3.09. The Bertz CT molecular complexity index is 708. The summed E-state index contributed by atoms with van der Waals surface area (Å²) in [5, 5.41) is 0. The van der Waals surface area contributed by atoms with Gasteiger partial charge in [0, 0.05) is 4.43 Å². The molecule has 0 spiro atoms. The van der Waals surface area contributed by atoms with Crippen molar-refractivity contribution in [3.05, 3.63) is 35.9 Å². The number of ether oxygens (including phenoxy) is 13. The van der Waals surface area contributed by atoms with Gasteiger partial charge < -0.3 is 61.6 Å². The van der Waals surface area contributed by atoms with Crippen LogP contribution in [-0.2, 0) is 68.2 Å². The van der Waals surface area contributed by atoms with E-state index in [1.807, 2.05) is 30.3 Å². The van der Waals surface area contributed by atoms with Gasteiger partial charge in [0.25, 0.3) is 0 Å². The first-order chi connectivity index (χ1) is 23.4. The van der Waals surface area contributed by atoms with Crippen molar-refractivity contribution >= 4 is 22.6 Å². The summed E-state index contributed by atoms with van der Waals surface area (Å²) in [6.07, 6.45) is 0. The van der Waals surface area contributed by atoms with Gasteiger partial charge in [-0.1, -0.05) is 52.9 Å². The second kappa shape index (κ2) is 39.9. The number of hydrogen-bond donors (Lipinski definition) is 0. The Balaban J connectivity index is 1.60. The summed E-state index contributed by atoms with van der Waals surface area (Å²) in [5.41, 5.74) is 1.16. The van der Waals surface area contributed by atoms with Crippen LogP contribution >= 0.6 is 22.6 Å². The van der Waals surface area contributed by atoms with E-state index in [0.29, 0.717) is 165 Å². The normalized spacial score (nSPS) is 11.5. The maximum Gasteiger partial charge on any atom is 0.0718 e. The average molecular weight is 791 g/mol. The van der Waals surface area contributed by atoms with Crippen LogP contribution in [0.4, 0.5) is 0 Å². The van der Waals surface area contributed by atoms with Crippen molar-refractivity contribution in [2.45, 2.75) is 6.61 Å².